The van der Waals surface area contributed by atoms with Gasteiger partial charge in [-0.2, -0.15) is 26.3 Å². The molecule has 4 aromatic rings. The Bertz CT molecular complexity index is 1810. The van der Waals surface area contributed by atoms with Crippen LogP contribution in [0.3, 0.4) is 0 Å². The monoisotopic (exact) mass is 846 g/mol. The highest BCUT2D eigenvalue weighted by atomic mass is 35.5. The van der Waals surface area contributed by atoms with Crippen molar-refractivity contribution in [3.05, 3.63) is 106 Å². The van der Waals surface area contributed by atoms with Gasteiger partial charge in [0.05, 0.1) is 47.4 Å². The Balaban J connectivity index is 1.41. The van der Waals surface area contributed by atoms with Crippen LogP contribution in [0.1, 0.15) is 22.3 Å². The van der Waals surface area contributed by atoms with Gasteiger partial charge in [0.15, 0.2) is 10.00 Å². The number of aromatic nitrogens is 4. The minimum absolute atomic E-state index is 0.0758. The van der Waals surface area contributed by atoms with Gasteiger partial charge in [-0.1, -0.05) is 81.7 Å². The van der Waals surface area contributed by atoms with Crippen molar-refractivity contribution in [2.75, 3.05) is 36.0 Å². The van der Waals surface area contributed by atoms with Crippen LogP contribution in [0.15, 0.2) is 73.6 Å². The summed E-state index contributed by atoms with van der Waals surface area (Å²) >= 11 is 41.3. The Morgan fingerprint density at radius 2 is 1.08 bits per heavy atom. The van der Waals surface area contributed by atoms with Crippen molar-refractivity contribution in [2.24, 2.45) is 0 Å². The van der Waals surface area contributed by atoms with Crippen LogP contribution in [0, 0.1) is 0 Å². The summed E-state index contributed by atoms with van der Waals surface area (Å²) in [6.45, 7) is -1.04. The number of piperazine rings is 2. The molecule has 0 N–H and O–H groups in total. The minimum atomic E-state index is -4.71. The van der Waals surface area contributed by atoms with E-state index in [2.05, 4.69) is 19.9 Å². The van der Waals surface area contributed by atoms with Crippen molar-refractivity contribution in [1.82, 2.24) is 29.7 Å². The predicted octanol–water partition coefficient (Wildman–Crippen LogP) is 8.99. The molecule has 2 aliphatic heterocycles. The molecule has 0 aromatic carbocycles. The first kappa shape index (κ1) is 38.5. The third-order valence-electron chi connectivity index (χ3n) is 8.38. The molecule has 4 atom stereocenters. The zero-order valence-electron chi connectivity index (χ0n) is 25.9. The SMILES string of the molecule is O=C(N1C(Cl)CN(c2ncc(C(F)(F)F)cc2Cl)CC1(Cl)c1cccnc1)N1C(Cl)CN(c2ncc(C(F)(F)F)cc2Cl)CC1(Cl)c1cccnc1. The maximum atomic E-state index is 15.0. The average molecular weight is 849 g/mol. The Kier molecular flexibility index (Phi) is 10.5. The van der Waals surface area contributed by atoms with Gasteiger partial charge in [-0.3, -0.25) is 19.8 Å². The van der Waals surface area contributed by atoms with E-state index in [-0.39, 0.29) is 59.0 Å². The molecule has 2 amide bonds. The lowest BCUT2D eigenvalue weighted by molar-refractivity contribution is -0.138. The van der Waals surface area contributed by atoms with Gasteiger partial charge in [-0.25, -0.2) is 14.8 Å². The number of hydrogen-bond acceptors (Lipinski definition) is 7. The summed E-state index contributed by atoms with van der Waals surface area (Å²) in [5.41, 5.74) is -4.26. The second-order valence-electron chi connectivity index (χ2n) is 11.7. The lowest BCUT2D eigenvalue weighted by Gasteiger charge is -2.55. The lowest BCUT2D eigenvalue weighted by Crippen LogP contribution is -2.70. The molecule has 2 saturated heterocycles. The molecule has 21 heteroatoms. The third kappa shape index (κ3) is 7.19. The van der Waals surface area contributed by atoms with Gasteiger partial charge in [0, 0.05) is 48.3 Å². The van der Waals surface area contributed by atoms with Crippen molar-refractivity contribution in [3.8, 4) is 0 Å². The molecular formula is C31H22Cl6F6N8O. The van der Waals surface area contributed by atoms with Crippen molar-refractivity contribution in [1.29, 1.82) is 0 Å². The number of alkyl halides is 10. The molecule has 2 fully saturated rings. The van der Waals surface area contributed by atoms with Crippen LogP contribution in [0.25, 0.3) is 0 Å². The Hall–Kier alpha value is -3.21. The zero-order valence-corrected chi connectivity index (χ0v) is 30.5. The van der Waals surface area contributed by atoms with Crippen LogP contribution < -0.4 is 9.80 Å². The maximum Gasteiger partial charge on any atom is 0.417 e. The molecule has 6 heterocycles. The molecule has 276 valence electrons. The van der Waals surface area contributed by atoms with E-state index in [1.165, 1.54) is 34.6 Å². The number of hydrogen-bond donors (Lipinski definition) is 0. The molecule has 52 heavy (non-hydrogen) atoms. The molecule has 0 radical (unpaired) electrons. The van der Waals surface area contributed by atoms with Crippen molar-refractivity contribution in [3.63, 3.8) is 0 Å². The van der Waals surface area contributed by atoms with E-state index in [4.69, 9.17) is 69.6 Å². The molecule has 0 bridgehead atoms. The van der Waals surface area contributed by atoms with E-state index in [0.717, 1.165) is 21.9 Å². The first-order valence-corrected chi connectivity index (χ1v) is 17.3. The van der Waals surface area contributed by atoms with Crippen molar-refractivity contribution in [2.45, 2.75) is 33.4 Å². The van der Waals surface area contributed by atoms with Crippen LogP contribution in [-0.4, -0.2) is 72.9 Å². The quantitative estimate of drug-likeness (QED) is 0.115. The van der Waals surface area contributed by atoms with E-state index >= 15 is 0 Å². The predicted molar refractivity (Wildman–Crippen MR) is 185 cm³/mol. The highest BCUT2D eigenvalue weighted by molar-refractivity contribution is 6.34. The van der Waals surface area contributed by atoms with Crippen LogP contribution in [0.5, 0.6) is 0 Å². The molecule has 4 unspecified atom stereocenters. The van der Waals surface area contributed by atoms with E-state index in [1.807, 2.05) is 0 Å². The summed E-state index contributed by atoms with van der Waals surface area (Å²) in [6.07, 6.45) is -2.50. The van der Waals surface area contributed by atoms with Crippen LogP contribution in [-0.2, 0) is 22.3 Å². The van der Waals surface area contributed by atoms with Gasteiger partial charge in [0.25, 0.3) is 0 Å². The van der Waals surface area contributed by atoms with E-state index in [0.29, 0.717) is 12.4 Å². The fraction of sp³-hybridized carbons (Fsp3) is 0.323. The topological polar surface area (TPSA) is 81.6 Å². The number of urea groups is 1. The molecule has 0 aliphatic carbocycles. The molecule has 9 nitrogen and oxygen atoms in total. The zero-order chi connectivity index (χ0) is 37.8. The van der Waals surface area contributed by atoms with Gasteiger partial charge in [0.1, 0.15) is 22.6 Å². The van der Waals surface area contributed by atoms with Crippen LogP contribution in [0.2, 0.25) is 10.0 Å². The van der Waals surface area contributed by atoms with E-state index in [9.17, 15) is 31.1 Å². The van der Waals surface area contributed by atoms with Crippen LogP contribution in [0.4, 0.5) is 42.8 Å². The number of amides is 2. The van der Waals surface area contributed by atoms with E-state index < -0.39 is 50.5 Å². The Labute approximate surface area is 321 Å². The number of rotatable bonds is 4. The van der Waals surface area contributed by atoms with Gasteiger partial charge in [0.2, 0.25) is 0 Å². The normalized spacial score (nSPS) is 24.3. The second-order valence-corrected chi connectivity index (χ2v) is 14.8. The van der Waals surface area contributed by atoms with Gasteiger partial charge >= 0.3 is 18.4 Å². The van der Waals surface area contributed by atoms with Gasteiger partial charge < -0.3 is 9.80 Å². The molecular weight excluding hydrogens is 827 g/mol. The molecule has 2 aliphatic rings. The average Bonchev–Trinajstić information content (AvgIpc) is 3.07. The molecule has 0 spiro atoms. The molecule has 4 aromatic heterocycles. The minimum Gasteiger partial charge on any atom is -0.348 e. The Morgan fingerprint density at radius 3 is 1.38 bits per heavy atom. The summed E-state index contributed by atoms with van der Waals surface area (Å²) in [6, 6.07) is 6.80. The second kappa shape index (κ2) is 14.2. The number of carbonyl (C=O) groups excluding carboxylic acids is 1. The molecule has 6 rings (SSSR count). The van der Waals surface area contributed by atoms with Crippen molar-refractivity contribution >= 4 is 87.3 Å². The summed E-state index contributed by atoms with van der Waals surface area (Å²) < 4.78 is 80.4. The summed E-state index contributed by atoms with van der Waals surface area (Å²) in [5.74, 6) is -0.152. The maximum absolute atomic E-state index is 15.0. The van der Waals surface area contributed by atoms with Gasteiger partial charge in [-0.15, -0.1) is 0 Å². The largest absolute Gasteiger partial charge is 0.417 e. The number of pyridine rings is 4. The van der Waals surface area contributed by atoms with Crippen molar-refractivity contribution < 1.29 is 31.1 Å². The number of anilines is 2. The number of carbonyl (C=O) groups is 1. The van der Waals surface area contributed by atoms with Crippen LogP contribution >= 0.6 is 69.6 Å². The first-order valence-electron chi connectivity index (χ1n) is 14.9. The first-order chi connectivity index (χ1) is 24.3. The standard InChI is InChI=1S/C31H22Cl6F6N8O/c32-21-7-19(30(38,39)40)11-46-25(21)48-13-23(34)50(28(36,15-48)17-3-1-5-44-9-17)27(52)51-24(35)14-49(16-29(51,37)18-4-2-6-45-10-18)26-22(33)8-20(12-47-26)31(41,42)43/h1-12,23-24H,13-16H2. The lowest BCUT2D eigenvalue weighted by atomic mass is 10.0. The highest BCUT2D eigenvalue weighted by Gasteiger charge is 2.57. The highest BCUT2D eigenvalue weighted by Crippen LogP contribution is 2.48. The number of nitrogens with zero attached hydrogens (tertiary/aromatic N) is 8. The smallest absolute Gasteiger partial charge is 0.348 e. The summed E-state index contributed by atoms with van der Waals surface area (Å²) in [7, 11) is 0. The fourth-order valence-electron chi connectivity index (χ4n) is 6.02. The summed E-state index contributed by atoms with van der Waals surface area (Å²) in [5, 5.41) is -0.681. The fourth-order valence-corrected chi connectivity index (χ4v) is 8.41. The summed E-state index contributed by atoms with van der Waals surface area (Å²) in [4.78, 5) is 32.5. The van der Waals surface area contributed by atoms with Gasteiger partial charge in [-0.05, 0) is 24.3 Å². The van der Waals surface area contributed by atoms with E-state index in [1.54, 1.807) is 24.3 Å². The Morgan fingerprint density at radius 1 is 0.692 bits per heavy atom. The third-order valence-corrected chi connectivity index (χ3v) is 10.6. The molecule has 0 saturated carbocycles. The number of halogens is 12.